The van der Waals surface area contributed by atoms with Crippen LogP contribution in [0.3, 0.4) is 0 Å². The molecule has 0 radical (unpaired) electrons. The monoisotopic (exact) mass is 306 g/mol. The third-order valence-corrected chi connectivity index (χ3v) is 3.62. The number of unbranched alkanes of at least 4 members (excludes halogenated alkanes) is 10. The minimum Gasteiger partial charge on any atom is -0.481 e. The van der Waals surface area contributed by atoms with E-state index in [9.17, 15) is 4.79 Å². The van der Waals surface area contributed by atoms with E-state index in [1.807, 2.05) is 6.08 Å². The van der Waals surface area contributed by atoms with Crippen LogP contribution in [0.1, 0.15) is 90.4 Å². The summed E-state index contributed by atoms with van der Waals surface area (Å²) in [5.74, 6) is -0.794. The lowest BCUT2D eigenvalue weighted by Gasteiger charge is -2.00. The van der Waals surface area contributed by atoms with Crippen LogP contribution in [0.25, 0.3) is 0 Å². The molecular weight excluding hydrogens is 272 g/mol. The number of carbonyl (C=O) groups is 1. The number of allylic oxidation sites excluding steroid dienone is 2. The van der Waals surface area contributed by atoms with Gasteiger partial charge in [-0.3, -0.25) is 4.79 Å². The second-order valence-corrected chi connectivity index (χ2v) is 5.84. The first-order chi connectivity index (χ1) is 10.8. The summed E-state index contributed by atoms with van der Waals surface area (Å²) in [4.78, 5) is 10.3. The molecule has 0 unspecified atom stereocenters. The Morgan fingerprint density at radius 3 is 1.95 bits per heavy atom. The van der Waals surface area contributed by atoms with Gasteiger partial charge in [-0.25, -0.2) is 0 Å². The van der Waals surface area contributed by atoms with Gasteiger partial charge in [0, 0.05) is 0 Å². The van der Waals surface area contributed by atoms with Crippen molar-refractivity contribution < 1.29 is 9.90 Å². The molecule has 0 aromatic rings. The largest absolute Gasteiger partial charge is 0.481 e. The quantitative estimate of drug-likeness (QED) is 0.215. The third kappa shape index (κ3) is 18.7. The predicted molar refractivity (Wildman–Crippen MR) is 95.1 cm³/mol. The normalized spacial score (nSPS) is 10.6. The van der Waals surface area contributed by atoms with Gasteiger partial charge in [-0.05, 0) is 44.3 Å². The third-order valence-electron chi connectivity index (χ3n) is 3.62. The second-order valence-electron chi connectivity index (χ2n) is 5.84. The number of hydrogen-bond acceptors (Lipinski definition) is 1. The van der Waals surface area contributed by atoms with E-state index in [-0.39, 0.29) is 6.42 Å². The van der Waals surface area contributed by atoms with Crippen LogP contribution in [0.15, 0.2) is 30.0 Å². The van der Waals surface area contributed by atoms with E-state index >= 15 is 0 Å². The van der Waals surface area contributed by atoms with Gasteiger partial charge >= 0.3 is 5.97 Å². The molecule has 0 heterocycles. The zero-order valence-electron chi connectivity index (χ0n) is 14.4. The van der Waals surface area contributed by atoms with Crippen molar-refractivity contribution in [1.82, 2.24) is 0 Å². The Hall–Kier alpha value is -1.27. The van der Waals surface area contributed by atoms with Gasteiger partial charge in [-0.2, -0.15) is 0 Å². The van der Waals surface area contributed by atoms with Crippen molar-refractivity contribution in [3.8, 4) is 0 Å². The highest BCUT2D eigenvalue weighted by molar-refractivity contribution is 5.68. The molecule has 126 valence electrons. The fraction of sp³-hybridized carbons (Fsp3) is 0.700. The molecule has 0 rings (SSSR count). The summed E-state index contributed by atoms with van der Waals surface area (Å²) < 4.78 is 0. The molecule has 0 saturated carbocycles. The van der Waals surface area contributed by atoms with Gasteiger partial charge in [-0.15, -0.1) is 5.73 Å². The van der Waals surface area contributed by atoms with Crippen LogP contribution >= 0.6 is 0 Å². The summed E-state index contributed by atoms with van der Waals surface area (Å²) in [5, 5.41) is 8.45. The molecule has 2 nitrogen and oxygen atoms in total. The molecule has 0 aliphatic rings. The predicted octanol–water partition coefficient (Wildman–Crippen LogP) is 6.43. The summed E-state index contributed by atoms with van der Waals surface area (Å²) in [5.41, 5.74) is 2.92. The molecule has 2 heteroatoms. The zero-order chi connectivity index (χ0) is 16.3. The number of carboxylic acid groups (broad SMARTS) is 1. The highest BCUT2D eigenvalue weighted by atomic mass is 16.4. The Morgan fingerprint density at radius 1 is 0.818 bits per heavy atom. The molecule has 22 heavy (non-hydrogen) atoms. The van der Waals surface area contributed by atoms with Gasteiger partial charge in [0.25, 0.3) is 0 Å². The van der Waals surface area contributed by atoms with Crippen molar-refractivity contribution >= 4 is 5.97 Å². The molecule has 0 saturated heterocycles. The molecular formula is C20H34O2. The van der Waals surface area contributed by atoms with Crippen LogP contribution in [0, 0.1) is 0 Å². The lowest BCUT2D eigenvalue weighted by Crippen LogP contribution is -1.88. The molecule has 0 fully saturated rings. The molecule has 1 N–H and O–H groups in total. The summed E-state index contributed by atoms with van der Waals surface area (Å²) >= 11 is 0. The maximum Gasteiger partial charge on any atom is 0.307 e. The highest BCUT2D eigenvalue weighted by Gasteiger charge is 1.91. The minimum absolute atomic E-state index is 0.0737. The first kappa shape index (κ1) is 20.7. The van der Waals surface area contributed by atoms with Crippen molar-refractivity contribution in [3.63, 3.8) is 0 Å². The zero-order valence-corrected chi connectivity index (χ0v) is 14.4. The second kappa shape index (κ2) is 17.8. The maximum atomic E-state index is 10.3. The SMILES string of the molecule is CCCCC=CCCCCCCCCCC=C=CCC(=O)O. The molecule has 0 amide bonds. The Morgan fingerprint density at radius 2 is 1.36 bits per heavy atom. The Kier molecular flexibility index (Phi) is 16.8. The smallest absolute Gasteiger partial charge is 0.307 e. The van der Waals surface area contributed by atoms with Crippen LogP contribution in [0.4, 0.5) is 0 Å². The number of carboxylic acids is 1. The van der Waals surface area contributed by atoms with Crippen molar-refractivity contribution in [2.45, 2.75) is 90.4 Å². The molecule has 0 aliphatic heterocycles. The van der Waals surface area contributed by atoms with E-state index in [0.29, 0.717) is 0 Å². The van der Waals surface area contributed by atoms with Crippen molar-refractivity contribution in [2.24, 2.45) is 0 Å². The topological polar surface area (TPSA) is 37.3 Å². The average molecular weight is 306 g/mol. The van der Waals surface area contributed by atoms with E-state index in [0.717, 1.165) is 6.42 Å². The van der Waals surface area contributed by atoms with Gasteiger partial charge in [-0.1, -0.05) is 64.0 Å². The fourth-order valence-corrected chi connectivity index (χ4v) is 2.26. The lowest BCUT2D eigenvalue weighted by atomic mass is 10.1. The van der Waals surface area contributed by atoms with Crippen molar-refractivity contribution in [2.75, 3.05) is 0 Å². The maximum absolute atomic E-state index is 10.3. The Balaban J connectivity index is 3.19. The summed E-state index contributed by atoms with van der Waals surface area (Å²) in [7, 11) is 0. The lowest BCUT2D eigenvalue weighted by molar-refractivity contribution is -0.135. The summed E-state index contributed by atoms with van der Waals surface area (Å²) in [6.45, 7) is 2.24. The molecule has 0 aliphatic carbocycles. The molecule has 0 bridgehead atoms. The van der Waals surface area contributed by atoms with Gasteiger partial charge in [0.15, 0.2) is 0 Å². The fourth-order valence-electron chi connectivity index (χ4n) is 2.26. The molecule has 0 aromatic carbocycles. The number of hydrogen-bond donors (Lipinski definition) is 1. The number of aliphatic carboxylic acids is 1. The van der Waals surface area contributed by atoms with Crippen LogP contribution in [-0.4, -0.2) is 11.1 Å². The standard InChI is InChI=1S/C20H34O2/c1-2-3-4-5-6-7-8-9-10-11-12-13-14-15-16-17-18-19-20(21)22/h5-6,16,18H,2-4,7-15,19H2,1H3,(H,21,22). The molecule has 0 atom stereocenters. The first-order valence-electron chi connectivity index (χ1n) is 9.03. The van der Waals surface area contributed by atoms with Gasteiger partial charge in [0.1, 0.15) is 0 Å². The van der Waals surface area contributed by atoms with Crippen molar-refractivity contribution in [1.29, 1.82) is 0 Å². The van der Waals surface area contributed by atoms with Crippen LogP contribution in [-0.2, 0) is 4.79 Å². The van der Waals surface area contributed by atoms with Crippen LogP contribution < -0.4 is 0 Å². The van der Waals surface area contributed by atoms with Gasteiger partial charge < -0.3 is 5.11 Å². The van der Waals surface area contributed by atoms with Crippen LogP contribution in [0.2, 0.25) is 0 Å². The first-order valence-corrected chi connectivity index (χ1v) is 9.03. The summed E-state index contributed by atoms with van der Waals surface area (Å²) in [6.07, 6.45) is 23.6. The summed E-state index contributed by atoms with van der Waals surface area (Å²) in [6, 6.07) is 0. The van der Waals surface area contributed by atoms with E-state index in [4.69, 9.17) is 5.11 Å². The van der Waals surface area contributed by atoms with E-state index in [1.54, 1.807) is 6.08 Å². The minimum atomic E-state index is -0.794. The molecule has 0 spiro atoms. The van der Waals surface area contributed by atoms with Gasteiger partial charge in [0.05, 0.1) is 6.42 Å². The molecule has 0 aromatic heterocycles. The average Bonchev–Trinajstić information content (AvgIpc) is 2.50. The van der Waals surface area contributed by atoms with Crippen molar-refractivity contribution in [3.05, 3.63) is 30.0 Å². The number of rotatable bonds is 15. The van der Waals surface area contributed by atoms with Gasteiger partial charge in [0.2, 0.25) is 0 Å². The Labute approximate surface area is 137 Å². The van der Waals surface area contributed by atoms with E-state index in [1.165, 1.54) is 70.6 Å². The van der Waals surface area contributed by atoms with Crippen LogP contribution in [0.5, 0.6) is 0 Å². The highest BCUT2D eigenvalue weighted by Crippen LogP contribution is 2.10. The Bertz CT molecular complexity index is 336. The van der Waals surface area contributed by atoms with E-state index < -0.39 is 5.97 Å². The van der Waals surface area contributed by atoms with E-state index in [2.05, 4.69) is 24.8 Å².